The summed E-state index contributed by atoms with van der Waals surface area (Å²) in [5.41, 5.74) is 2.38. The molecule has 0 saturated carbocycles. The number of rotatable bonds is 8. The molecule has 1 N–H and O–H groups in total. The molecule has 0 aromatic heterocycles. The Labute approximate surface area is 173 Å². The van der Waals surface area contributed by atoms with Crippen molar-refractivity contribution in [3.8, 4) is 0 Å². The zero-order chi connectivity index (χ0) is 20.5. The molecule has 5 nitrogen and oxygen atoms in total. The summed E-state index contributed by atoms with van der Waals surface area (Å²) in [6.45, 7) is 5.28. The van der Waals surface area contributed by atoms with Gasteiger partial charge in [-0.3, -0.25) is 14.5 Å². The minimum atomic E-state index is -0.00354. The van der Waals surface area contributed by atoms with Crippen LogP contribution in [0.5, 0.6) is 0 Å². The highest BCUT2D eigenvalue weighted by Gasteiger charge is 2.22. The van der Waals surface area contributed by atoms with E-state index in [1.807, 2.05) is 60.4 Å². The lowest BCUT2D eigenvalue weighted by Crippen LogP contribution is -2.51. The monoisotopic (exact) mass is 393 g/mol. The highest BCUT2D eigenvalue weighted by Crippen LogP contribution is 2.12. The molecule has 0 radical (unpaired) electrons. The zero-order valence-corrected chi connectivity index (χ0v) is 17.2. The molecule has 1 aliphatic rings. The molecule has 1 heterocycles. The normalized spacial score (nSPS) is 15.7. The summed E-state index contributed by atoms with van der Waals surface area (Å²) in [4.78, 5) is 28.9. The number of hydrogen-bond donors (Lipinski definition) is 1. The number of aryl methyl sites for hydroxylation is 1. The molecule has 2 amide bonds. The van der Waals surface area contributed by atoms with Gasteiger partial charge in [-0.2, -0.15) is 0 Å². The van der Waals surface area contributed by atoms with E-state index >= 15 is 0 Å². The molecule has 0 spiro atoms. The van der Waals surface area contributed by atoms with Crippen LogP contribution in [0, 0.1) is 0 Å². The second-order valence-electron chi connectivity index (χ2n) is 7.70. The van der Waals surface area contributed by atoms with Crippen molar-refractivity contribution in [1.82, 2.24) is 15.1 Å². The Kier molecular flexibility index (Phi) is 7.82. The Morgan fingerprint density at radius 2 is 1.55 bits per heavy atom. The van der Waals surface area contributed by atoms with Crippen LogP contribution in [0.15, 0.2) is 60.7 Å². The van der Waals surface area contributed by atoms with Gasteiger partial charge in [-0.25, -0.2) is 0 Å². The Balaban J connectivity index is 1.34. The van der Waals surface area contributed by atoms with E-state index in [0.717, 1.165) is 31.5 Å². The van der Waals surface area contributed by atoms with Crippen LogP contribution < -0.4 is 5.32 Å². The van der Waals surface area contributed by atoms with Crippen molar-refractivity contribution >= 4 is 11.8 Å². The van der Waals surface area contributed by atoms with Gasteiger partial charge >= 0.3 is 0 Å². The number of nitrogens with one attached hydrogen (secondary N) is 1. The van der Waals surface area contributed by atoms with E-state index < -0.39 is 0 Å². The van der Waals surface area contributed by atoms with Crippen LogP contribution >= 0.6 is 0 Å². The van der Waals surface area contributed by atoms with Gasteiger partial charge in [0.05, 0.1) is 12.6 Å². The van der Waals surface area contributed by atoms with Gasteiger partial charge in [0.1, 0.15) is 0 Å². The third-order valence-electron chi connectivity index (χ3n) is 5.47. The molecule has 1 aliphatic heterocycles. The fourth-order valence-electron chi connectivity index (χ4n) is 3.72. The second-order valence-corrected chi connectivity index (χ2v) is 7.70. The Morgan fingerprint density at radius 3 is 2.21 bits per heavy atom. The summed E-state index contributed by atoms with van der Waals surface area (Å²) < 4.78 is 0. The molecule has 5 heteroatoms. The predicted octanol–water partition coefficient (Wildman–Crippen LogP) is 3.03. The molecular weight excluding hydrogens is 362 g/mol. The lowest BCUT2D eigenvalue weighted by Gasteiger charge is -2.34. The number of carbonyl (C=O) groups excluding carboxylic acids is 2. The summed E-state index contributed by atoms with van der Waals surface area (Å²) in [6, 6.07) is 20.3. The van der Waals surface area contributed by atoms with E-state index in [0.29, 0.717) is 26.1 Å². The van der Waals surface area contributed by atoms with Gasteiger partial charge in [-0.15, -0.1) is 0 Å². The Bertz CT molecular complexity index is 771. The number of amides is 2. The molecule has 3 rings (SSSR count). The molecule has 2 aromatic carbocycles. The SMILES string of the molecule is CC(NC(=O)CN1CCN(C(=O)CCCc2ccccc2)CC1)c1ccccc1. The van der Waals surface area contributed by atoms with Gasteiger partial charge in [0.25, 0.3) is 0 Å². The molecule has 1 saturated heterocycles. The molecular formula is C24H31N3O2. The molecule has 1 fully saturated rings. The Morgan fingerprint density at radius 1 is 0.931 bits per heavy atom. The van der Waals surface area contributed by atoms with Crippen molar-refractivity contribution in [2.24, 2.45) is 0 Å². The fraction of sp³-hybridized carbons (Fsp3) is 0.417. The maximum Gasteiger partial charge on any atom is 0.234 e. The van der Waals surface area contributed by atoms with Gasteiger partial charge in [0.15, 0.2) is 0 Å². The first-order valence-corrected chi connectivity index (χ1v) is 10.5. The van der Waals surface area contributed by atoms with Crippen molar-refractivity contribution in [1.29, 1.82) is 0 Å². The summed E-state index contributed by atoms with van der Waals surface area (Å²) in [7, 11) is 0. The molecule has 0 aliphatic carbocycles. The topological polar surface area (TPSA) is 52.7 Å². The largest absolute Gasteiger partial charge is 0.348 e. The zero-order valence-electron chi connectivity index (χ0n) is 17.2. The predicted molar refractivity (Wildman–Crippen MR) is 115 cm³/mol. The third-order valence-corrected chi connectivity index (χ3v) is 5.47. The van der Waals surface area contributed by atoms with Gasteiger partial charge in [-0.05, 0) is 30.9 Å². The summed E-state index contributed by atoms with van der Waals surface area (Å²) >= 11 is 0. The average molecular weight is 394 g/mol. The molecule has 0 bridgehead atoms. The molecule has 1 unspecified atom stereocenters. The van der Waals surface area contributed by atoms with Crippen molar-refractivity contribution in [2.45, 2.75) is 32.2 Å². The van der Waals surface area contributed by atoms with E-state index in [4.69, 9.17) is 0 Å². The number of nitrogens with zero attached hydrogens (tertiary/aromatic N) is 2. The number of benzene rings is 2. The molecule has 2 aromatic rings. The van der Waals surface area contributed by atoms with E-state index in [-0.39, 0.29) is 17.9 Å². The number of piperazine rings is 1. The van der Waals surface area contributed by atoms with Crippen molar-refractivity contribution in [2.75, 3.05) is 32.7 Å². The maximum atomic E-state index is 12.4. The lowest BCUT2D eigenvalue weighted by molar-refractivity contribution is -0.133. The third kappa shape index (κ3) is 6.71. The van der Waals surface area contributed by atoms with Gasteiger partial charge in [-0.1, -0.05) is 60.7 Å². The summed E-state index contributed by atoms with van der Waals surface area (Å²) in [6.07, 6.45) is 2.40. The smallest absolute Gasteiger partial charge is 0.234 e. The van der Waals surface area contributed by atoms with E-state index in [2.05, 4.69) is 22.3 Å². The van der Waals surface area contributed by atoms with Gasteiger partial charge in [0.2, 0.25) is 11.8 Å². The van der Waals surface area contributed by atoms with Gasteiger partial charge < -0.3 is 10.2 Å². The number of hydrogen-bond acceptors (Lipinski definition) is 3. The second kappa shape index (κ2) is 10.8. The van der Waals surface area contributed by atoms with Crippen LogP contribution in [0.1, 0.15) is 36.9 Å². The van der Waals surface area contributed by atoms with Crippen LogP contribution in [-0.4, -0.2) is 54.3 Å². The minimum absolute atomic E-state index is 0.00354. The molecule has 29 heavy (non-hydrogen) atoms. The molecule has 154 valence electrons. The van der Waals surface area contributed by atoms with E-state index in [9.17, 15) is 9.59 Å². The summed E-state index contributed by atoms with van der Waals surface area (Å²) in [5, 5.41) is 3.06. The van der Waals surface area contributed by atoms with E-state index in [1.54, 1.807) is 0 Å². The van der Waals surface area contributed by atoms with Gasteiger partial charge in [0, 0.05) is 32.6 Å². The van der Waals surface area contributed by atoms with E-state index in [1.165, 1.54) is 5.56 Å². The quantitative estimate of drug-likeness (QED) is 0.750. The first-order chi connectivity index (χ1) is 14.1. The first kappa shape index (κ1) is 21.1. The molecule has 1 atom stereocenters. The fourth-order valence-corrected chi connectivity index (χ4v) is 3.72. The lowest BCUT2D eigenvalue weighted by atomic mass is 10.1. The van der Waals surface area contributed by atoms with Crippen LogP contribution in [0.25, 0.3) is 0 Å². The maximum absolute atomic E-state index is 12.4. The van der Waals surface area contributed by atoms with Crippen LogP contribution in [0.4, 0.5) is 0 Å². The number of carbonyl (C=O) groups is 2. The highest BCUT2D eigenvalue weighted by atomic mass is 16.2. The van der Waals surface area contributed by atoms with Crippen LogP contribution in [0.2, 0.25) is 0 Å². The minimum Gasteiger partial charge on any atom is -0.348 e. The summed E-state index contributed by atoms with van der Waals surface area (Å²) in [5.74, 6) is 0.256. The van der Waals surface area contributed by atoms with Crippen molar-refractivity contribution in [3.63, 3.8) is 0 Å². The average Bonchev–Trinajstić information content (AvgIpc) is 2.75. The first-order valence-electron chi connectivity index (χ1n) is 10.5. The highest BCUT2D eigenvalue weighted by molar-refractivity contribution is 5.79. The van der Waals surface area contributed by atoms with Crippen LogP contribution in [0.3, 0.4) is 0 Å². The van der Waals surface area contributed by atoms with Crippen molar-refractivity contribution in [3.05, 3.63) is 71.8 Å². The Hall–Kier alpha value is -2.66. The van der Waals surface area contributed by atoms with Crippen molar-refractivity contribution < 1.29 is 9.59 Å². The van der Waals surface area contributed by atoms with Crippen LogP contribution in [-0.2, 0) is 16.0 Å². The standard InChI is InChI=1S/C24H31N3O2/c1-20(22-12-6-3-7-13-22)25-23(28)19-26-15-17-27(18-16-26)24(29)14-8-11-21-9-4-2-5-10-21/h2-7,9-10,12-13,20H,8,11,14-19H2,1H3,(H,25,28).